The van der Waals surface area contributed by atoms with E-state index in [9.17, 15) is 19.5 Å². The largest absolute Gasteiger partial charge is 0.396 e. The van der Waals surface area contributed by atoms with Gasteiger partial charge in [-0.3, -0.25) is 14.4 Å². The molecular formula is C27H34N4O4. The highest BCUT2D eigenvalue weighted by Crippen LogP contribution is 2.49. The predicted octanol–water partition coefficient (Wildman–Crippen LogP) is 1.58. The molecule has 0 spiro atoms. The smallest absolute Gasteiger partial charge is 0.258 e. The van der Waals surface area contributed by atoms with E-state index >= 15 is 0 Å². The highest BCUT2D eigenvalue weighted by atomic mass is 16.3. The lowest BCUT2D eigenvalue weighted by atomic mass is 9.85. The zero-order valence-electron chi connectivity index (χ0n) is 20.5. The number of fused-ring (bicyclic) bond motifs is 4. The molecule has 1 aromatic heterocycles. The van der Waals surface area contributed by atoms with E-state index in [1.807, 2.05) is 66.4 Å². The van der Waals surface area contributed by atoms with E-state index in [0.717, 1.165) is 24.8 Å². The maximum Gasteiger partial charge on any atom is 0.258 e. The quantitative estimate of drug-likeness (QED) is 0.705. The normalized spacial score (nSPS) is 25.6. The molecule has 2 saturated heterocycles. The lowest BCUT2D eigenvalue weighted by Gasteiger charge is -2.39. The number of aromatic nitrogens is 1. The monoisotopic (exact) mass is 478 g/mol. The molecule has 35 heavy (non-hydrogen) atoms. The summed E-state index contributed by atoms with van der Waals surface area (Å²) in [5.41, 5.74) is 2.00. The van der Waals surface area contributed by atoms with Gasteiger partial charge in [0.2, 0.25) is 11.8 Å². The number of amides is 2. The molecule has 3 aliphatic heterocycles. The standard InChI is InChI=1S/C27H34N4O4/c1-28(2)16-23(33)31-22-15-30-21(12-11-19(26(30)34)18-9-5-3-6-10-18)25(31)24(20(22)17-32)27(35)29-13-7-4-8-14-29/h3,5-6,9-12,20,22,24-25,32H,4,7-8,13-17H2,1-2H3/t20-,22-,24+,25+/m0/s1. The van der Waals surface area contributed by atoms with Crippen LogP contribution in [0.5, 0.6) is 0 Å². The zero-order chi connectivity index (χ0) is 24.7. The van der Waals surface area contributed by atoms with Crippen molar-refractivity contribution in [2.75, 3.05) is 40.3 Å². The fourth-order valence-electron chi connectivity index (χ4n) is 6.24. The Morgan fingerprint density at radius 3 is 2.40 bits per heavy atom. The number of hydrogen-bond acceptors (Lipinski definition) is 5. The Hall–Kier alpha value is -2.97. The number of likely N-dealkylation sites (N-methyl/N-ethyl adjacent to an activating group) is 1. The van der Waals surface area contributed by atoms with E-state index in [2.05, 4.69) is 0 Å². The summed E-state index contributed by atoms with van der Waals surface area (Å²) in [5.74, 6) is -1.07. The molecule has 186 valence electrons. The third-order valence-corrected chi connectivity index (χ3v) is 7.82. The van der Waals surface area contributed by atoms with Gasteiger partial charge in [0.05, 0.1) is 24.5 Å². The molecule has 4 heterocycles. The summed E-state index contributed by atoms with van der Waals surface area (Å²) >= 11 is 0. The Bertz CT molecular complexity index is 1160. The summed E-state index contributed by atoms with van der Waals surface area (Å²) in [5, 5.41) is 10.5. The van der Waals surface area contributed by atoms with Crippen LogP contribution in [0, 0.1) is 11.8 Å². The van der Waals surface area contributed by atoms with Gasteiger partial charge in [-0.25, -0.2) is 0 Å². The first-order valence-electron chi connectivity index (χ1n) is 12.6. The Morgan fingerprint density at radius 2 is 1.74 bits per heavy atom. The van der Waals surface area contributed by atoms with Crippen molar-refractivity contribution in [3.63, 3.8) is 0 Å². The second-order valence-electron chi connectivity index (χ2n) is 10.3. The number of piperidine rings is 1. The Balaban J connectivity index is 1.62. The lowest BCUT2D eigenvalue weighted by Crippen LogP contribution is -2.51. The Labute approximate surface area is 205 Å². The van der Waals surface area contributed by atoms with E-state index in [4.69, 9.17) is 0 Å². The van der Waals surface area contributed by atoms with Crippen LogP contribution >= 0.6 is 0 Å². The average Bonchev–Trinajstić information content (AvgIpc) is 3.11. The number of pyridine rings is 1. The molecule has 4 atom stereocenters. The molecule has 0 unspecified atom stereocenters. The molecule has 2 aromatic rings. The van der Waals surface area contributed by atoms with Crippen molar-refractivity contribution < 1.29 is 14.7 Å². The zero-order valence-corrected chi connectivity index (χ0v) is 20.5. The van der Waals surface area contributed by atoms with Gasteiger partial charge in [-0.05, 0) is 51.1 Å². The summed E-state index contributed by atoms with van der Waals surface area (Å²) in [4.78, 5) is 46.5. The number of hydrogen-bond donors (Lipinski definition) is 1. The third kappa shape index (κ3) is 4.08. The summed E-state index contributed by atoms with van der Waals surface area (Å²) in [6.45, 7) is 1.69. The number of aliphatic hydroxyl groups excluding tert-OH is 1. The first-order chi connectivity index (χ1) is 16.9. The van der Waals surface area contributed by atoms with Gasteiger partial charge >= 0.3 is 0 Å². The van der Waals surface area contributed by atoms with Crippen molar-refractivity contribution >= 4 is 11.8 Å². The van der Waals surface area contributed by atoms with Crippen LogP contribution in [0.3, 0.4) is 0 Å². The van der Waals surface area contributed by atoms with Crippen LogP contribution in [0.4, 0.5) is 0 Å². The SMILES string of the molecule is CN(C)CC(=O)N1[C@@H]2c3ccc(-c4ccccc4)c(=O)n3C[C@H]1[C@H](CO)[C@H]2C(=O)N1CCCCC1. The van der Waals surface area contributed by atoms with Crippen molar-refractivity contribution in [3.05, 3.63) is 58.5 Å². The first kappa shape index (κ1) is 23.8. The number of benzene rings is 1. The topological polar surface area (TPSA) is 86.1 Å². The van der Waals surface area contributed by atoms with Crippen LogP contribution in [0.15, 0.2) is 47.3 Å². The van der Waals surface area contributed by atoms with Gasteiger partial charge in [0, 0.05) is 43.4 Å². The van der Waals surface area contributed by atoms with E-state index in [1.165, 1.54) is 0 Å². The molecule has 3 aliphatic rings. The van der Waals surface area contributed by atoms with E-state index in [0.29, 0.717) is 24.3 Å². The molecular weight excluding hydrogens is 444 g/mol. The van der Waals surface area contributed by atoms with Crippen LogP contribution in [0.25, 0.3) is 11.1 Å². The first-order valence-corrected chi connectivity index (χ1v) is 12.6. The highest BCUT2D eigenvalue weighted by molar-refractivity contribution is 5.85. The number of rotatable bonds is 5. The van der Waals surface area contributed by atoms with Gasteiger partial charge in [-0.2, -0.15) is 0 Å². The minimum Gasteiger partial charge on any atom is -0.396 e. The van der Waals surface area contributed by atoms with Gasteiger partial charge in [-0.15, -0.1) is 0 Å². The summed E-state index contributed by atoms with van der Waals surface area (Å²) in [6, 6.07) is 12.3. The van der Waals surface area contributed by atoms with E-state index in [-0.39, 0.29) is 37.1 Å². The molecule has 2 amide bonds. The van der Waals surface area contributed by atoms with Crippen LogP contribution in [0.1, 0.15) is 31.0 Å². The minimum absolute atomic E-state index is 0.00746. The Kier molecular flexibility index (Phi) is 6.51. The lowest BCUT2D eigenvalue weighted by molar-refractivity contribution is -0.141. The molecule has 8 nitrogen and oxygen atoms in total. The second-order valence-corrected chi connectivity index (χ2v) is 10.3. The molecule has 5 rings (SSSR count). The maximum atomic E-state index is 13.9. The van der Waals surface area contributed by atoms with Crippen LogP contribution < -0.4 is 5.56 Å². The fourth-order valence-corrected chi connectivity index (χ4v) is 6.24. The van der Waals surface area contributed by atoms with Gasteiger partial charge < -0.3 is 24.4 Å². The van der Waals surface area contributed by atoms with Crippen LogP contribution in [-0.2, 0) is 16.1 Å². The molecule has 2 bridgehead atoms. The molecule has 0 saturated carbocycles. The third-order valence-electron chi connectivity index (χ3n) is 7.82. The summed E-state index contributed by atoms with van der Waals surface area (Å²) in [7, 11) is 3.68. The molecule has 2 fully saturated rings. The molecule has 0 aliphatic carbocycles. The van der Waals surface area contributed by atoms with Crippen molar-refractivity contribution in [2.45, 2.75) is 37.9 Å². The molecule has 0 radical (unpaired) electrons. The van der Waals surface area contributed by atoms with Gasteiger partial charge in [0.15, 0.2) is 0 Å². The number of carbonyl (C=O) groups is 2. The van der Waals surface area contributed by atoms with Crippen LogP contribution in [0.2, 0.25) is 0 Å². The van der Waals surface area contributed by atoms with Gasteiger partial charge in [0.1, 0.15) is 0 Å². The van der Waals surface area contributed by atoms with Crippen LogP contribution in [-0.4, -0.2) is 82.6 Å². The van der Waals surface area contributed by atoms with E-state index in [1.54, 1.807) is 9.47 Å². The van der Waals surface area contributed by atoms with Gasteiger partial charge in [-0.1, -0.05) is 30.3 Å². The number of nitrogens with zero attached hydrogens (tertiary/aromatic N) is 4. The summed E-state index contributed by atoms with van der Waals surface area (Å²) in [6.07, 6.45) is 3.05. The Morgan fingerprint density at radius 1 is 1.03 bits per heavy atom. The molecule has 1 aromatic carbocycles. The maximum absolute atomic E-state index is 13.9. The second kappa shape index (κ2) is 9.59. The highest BCUT2D eigenvalue weighted by Gasteiger charge is 2.58. The van der Waals surface area contributed by atoms with E-state index < -0.39 is 23.9 Å². The number of carbonyl (C=O) groups excluding carboxylic acids is 2. The van der Waals surface area contributed by atoms with Crippen molar-refractivity contribution in [1.82, 2.24) is 19.3 Å². The number of likely N-dealkylation sites (tertiary alicyclic amines) is 1. The van der Waals surface area contributed by atoms with Gasteiger partial charge in [0.25, 0.3) is 5.56 Å². The van der Waals surface area contributed by atoms with Crippen molar-refractivity contribution in [1.29, 1.82) is 0 Å². The average molecular weight is 479 g/mol. The molecule has 8 heteroatoms. The van der Waals surface area contributed by atoms with Crippen molar-refractivity contribution in [3.8, 4) is 11.1 Å². The molecule has 1 N–H and O–H groups in total. The predicted molar refractivity (Wildman–Crippen MR) is 133 cm³/mol. The summed E-state index contributed by atoms with van der Waals surface area (Å²) < 4.78 is 1.74. The van der Waals surface area contributed by atoms with Crippen molar-refractivity contribution in [2.24, 2.45) is 11.8 Å². The fraction of sp³-hybridized carbons (Fsp3) is 0.519. The number of aliphatic hydroxyl groups is 1. The minimum atomic E-state index is -0.565.